The summed E-state index contributed by atoms with van der Waals surface area (Å²) >= 11 is 2.56. The SMILES string of the molecule is Fc1ccc(SC(F)(F)F)c(Br)c1. The van der Waals surface area contributed by atoms with Gasteiger partial charge in [-0.2, -0.15) is 13.2 Å². The third-order valence-electron chi connectivity index (χ3n) is 1.12. The van der Waals surface area contributed by atoms with Gasteiger partial charge in [0.15, 0.2) is 0 Å². The number of thioether (sulfide) groups is 1. The summed E-state index contributed by atoms with van der Waals surface area (Å²) in [5.74, 6) is -0.571. The zero-order chi connectivity index (χ0) is 10.1. The van der Waals surface area contributed by atoms with E-state index >= 15 is 0 Å². The summed E-state index contributed by atoms with van der Waals surface area (Å²) < 4.78 is 48.2. The van der Waals surface area contributed by atoms with Crippen molar-refractivity contribution in [2.24, 2.45) is 0 Å². The van der Waals surface area contributed by atoms with Crippen molar-refractivity contribution in [1.29, 1.82) is 0 Å². The van der Waals surface area contributed by atoms with Gasteiger partial charge < -0.3 is 0 Å². The first-order valence-electron chi connectivity index (χ1n) is 3.09. The van der Waals surface area contributed by atoms with E-state index < -0.39 is 11.3 Å². The van der Waals surface area contributed by atoms with Crippen LogP contribution in [-0.4, -0.2) is 5.51 Å². The van der Waals surface area contributed by atoms with Crippen LogP contribution in [0.15, 0.2) is 27.6 Å². The molecule has 72 valence electrons. The van der Waals surface area contributed by atoms with E-state index in [1.54, 1.807) is 0 Å². The highest BCUT2D eigenvalue weighted by atomic mass is 79.9. The zero-order valence-electron chi connectivity index (χ0n) is 6.03. The zero-order valence-corrected chi connectivity index (χ0v) is 8.43. The highest BCUT2D eigenvalue weighted by Crippen LogP contribution is 2.40. The molecule has 0 unspecified atom stereocenters. The normalized spacial score (nSPS) is 11.8. The summed E-state index contributed by atoms with van der Waals surface area (Å²) in [5, 5.41) is 0. The Morgan fingerprint density at radius 3 is 2.31 bits per heavy atom. The number of halogens is 5. The molecule has 0 bridgehead atoms. The highest BCUT2D eigenvalue weighted by Gasteiger charge is 2.30. The maximum atomic E-state index is 12.5. The summed E-state index contributed by atoms with van der Waals surface area (Å²) in [6, 6.07) is 3.06. The van der Waals surface area contributed by atoms with Gasteiger partial charge >= 0.3 is 5.51 Å². The Kier molecular flexibility index (Phi) is 3.23. The van der Waals surface area contributed by atoms with Crippen molar-refractivity contribution < 1.29 is 17.6 Å². The minimum Gasteiger partial charge on any atom is -0.207 e. The van der Waals surface area contributed by atoms with Crippen molar-refractivity contribution in [1.82, 2.24) is 0 Å². The number of rotatable bonds is 1. The molecular formula is C7H3BrF4S. The lowest BCUT2D eigenvalue weighted by Crippen LogP contribution is -1.99. The predicted molar refractivity (Wildman–Crippen MR) is 46.0 cm³/mol. The largest absolute Gasteiger partial charge is 0.446 e. The molecule has 0 heterocycles. The molecule has 0 aromatic heterocycles. The molecule has 1 rings (SSSR count). The fraction of sp³-hybridized carbons (Fsp3) is 0.143. The Morgan fingerprint density at radius 1 is 1.23 bits per heavy atom. The second-order valence-corrected chi connectivity index (χ2v) is 4.08. The standard InChI is InChI=1S/C7H3BrF4S/c8-5-3-4(9)1-2-6(5)13-7(10,11)12/h1-3H. The molecule has 0 aliphatic rings. The number of hydrogen-bond donors (Lipinski definition) is 0. The first kappa shape index (κ1) is 10.8. The van der Waals surface area contributed by atoms with E-state index in [0.717, 1.165) is 18.2 Å². The second-order valence-electron chi connectivity index (χ2n) is 2.12. The maximum Gasteiger partial charge on any atom is 0.446 e. The molecule has 0 amide bonds. The number of alkyl halides is 3. The van der Waals surface area contributed by atoms with E-state index in [1.807, 2.05) is 0 Å². The Balaban J connectivity index is 2.90. The number of hydrogen-bond acceptors (Lipinski definition) is 1. The van der Waals surface area contributed by atoms with Gasteiger partial charge in [-0.1, -0.05) is 0 Å². The lowest BCUT2D eigenvalue weighted by Gasteiger charge is -2.06. The van der Waals surface area contributed by atoms with Gasteiger partial charge in [0.2, 0.25) is 0 Å². The van der Waals surface area contributed by atoms with Crippen LogP contribution in [-0.2, 0) is 0 Å². The second kappa shape index (κ2) is 3.88. The summed E-state index contributed by atoms with van der Waals surface area (Å²) in [4.78, 5) is -0.0473. The first-order valence-corrected chi connectivity index (χ1v) is 4.70. The van der Waals surface area contributed by atoms with Crippen LogP contribution in [0.25, 0.3) is 0 Å². The summed E-state index contributed by atoms with van der Waals surface area (Å²) in [6.07, 6.45) is 0. The van der Waals surface area contributed by atoms with Crippen molar-refractivity contribution in [2.75, 3.05) is 0 Å². The van der Waals surface area contributed by atoms with Crippen molar-refractivity contribution in [3.8, 4) is 0 Å². The predicted octanol–water partition coefficient (Wildman–Crippen LogP) is 4.20. The van der Waals surface area contributed by atoms with Gasteiger partial charge in [-0.3, -0.25) is 0 Å². The van der Waals surface area contributed by atoms with Crippen LogP contribution in [0.5, 0.6) is 0 Å². The molecule has 0 aliphatic heterocycles. The molecule has 0 radical (unpaired) electrons. The van der Waals surface area contributed by atoms with Gasteiger partial charge in [0.25, 0.3) is 0 Å². The quantitative estimate of drug-likeness (QED) is 0.546. The van der Waals surface area contributed by atoms with Crippen molar-refractivity contribution in [3.63, 3.8) is 0 Å². The topological polar surface area (TPSA) is 0 Å². The van der Waals surface area contributed by atoms with Gasteiger partial charge in [0.1, 0.15) is 5.82 Å². The minimum absolute atomic E-state index is 0.0473. The summed E-state index contributed by atoms with van der Waals surface area (Å²) in [5.41, 5.74) is -4.35. The lowest BCUT2D eigenvalue weighted by atomic mass is 10.3. The molecule has 0 spiro atoms. The van der Waals surface area contributed by atoms with Crippen LogP contribution in [0.2, 0.25) is 0 Å². The van der Waals surface area contributed by atoms with Gasteiger partial charge in [-0.05, 0) is 45.9 Å². The van der Waals surface area contributed by atoms with Crippen LogP contribution in [0.1, 0.15) is 0 Å². The molecule has 1 aromatic rings. The summed E-state index contributed by atoms with van der Waals surface area (Å²) in [7, 11) is 0. The van der Waals surface area contributed by atoms with Crippen LogP contribution in [0, 0.1) is 5.82 Å². The van der Waals surface area contributed by atoms with Gasteiger partial charge in [-0.25, -0.2) is 4.39 Å². The molecule has 0 saturated carbocycles. The van der Waals surface area contributed by atoms with E-state index in [1.165, 1.54) is 0 Å². The van der Waals surface area contributed by atoms with Gasteiger partial charge in [0, 0.05) is 9.37 Å². The molecule has 0 nitrogen and oxygen atoms in total. The molecule has 1 aromatic carbocycles. The smallest absolute Gasteiger partial charge is 0.207 e. The molecule has 0 atom stereocenters. The number of benzene rings is 1. The molecule has 0 N–H and O–H groups in total. The van der Waals surface area contributed by atoms with E-state index in [-0.39, 0.29) is 21.1 Å². The van der Waals surface area contributed by atoms with Crippen molar-refractivity contribution >= 4 is 27.7 Å². The molecule has 0 saturated heterocycles. The molecule has 6 heteroatoms. The van der Waals surface area contributed by atoms with E-state index in [4.69, 9.17) is 0 Å². The van der Waals surface area contributed by atoms with Gasteiger partial charge in [-0.15, -0.1) is 0 Å². The van der Waals surface area contributed by atoms with Crippen molar-refractivity contribution in [3.05, 3.63) is 28.5 Å². The fourth-order valence-electron chi connectivity index (χ4n) is 0.683. The fourth-order valence-corrected chi connectivity index (χ4v) is 1.82. The van der Waals surface area contributed by atoms with Crippen LogP contribution < -0.4 is 0 Å². The molecule has 0 fully saturated rings. The van der Waals surface area contributed by atoms with Crippen LogP contribution >= 0.6 is 27.7 Å². The Morgan fingerprint density at radius 2 is 1.85 bits per heavy atom. The van der Waals surface area contributed by atoms with Crippen LogP contribution in [0.4, 0.5) is 17.6 Å². The minimum atomic E-state index is -4.35. The third-order valence-corrected chi connectivity index (χ3v) is 2.85. The van der Waals surface area contributed by atoms with E-state index in [2.05, 4.69) is 15.9 Å². The lowest BCUT2D eigenvalue weighted by molar-refractivity contribution is -0.0328. The average molecular weight is 275 g/mol. The molecule has 0 aliphatic carbocycles. The Hall–Kier alpha value is -0.230. The third kappa shape index (κ3) is 3.56. The monoisotopic (exact) mass is 274 g/mol. The van der Waals surface area contributed by atoms with Crippen molar-refractivity contribution in [2.45, 2.75) is 10.4 Å². The Bertz CT molecular complexity index is 310. The average Bonchev–Trinajstić information content (AvgIpc) is 1.93. The summed E-state index contributed by atoms with van der Waals surface area (Å²) in [6.45, 7) is 0. The van der Waals surface area contributed by atoms with Crippen LogP contribution in [0.3, 0.4) is 0 Å². The van der Waals surface area contributed by atoms with E-state index in [0.29, 0.717) is 0 Å². The van der Waals surface area contributed by atoms with E-state index in [9.17, 15) is 17.6 Å². The highest BCUT2D eigenvalue weighted by molar-refractivity contribution is 9.10. The maximum absolute atomic E-state index is 12.5. The Labute approximate surface area is 84.4 Å². The van der Waals surface area contributed by atoms with Gasteiger partial charge in [0.05, 0.1) is 0 Å². The molecular weight excluding hydrogens is 272 g/mol. The first-order chi connectivity index (χ1) is 5.88. The molecule has 13 heavy (non-hydrogen) atoms.